The second-order valence-electron chi connectivity index (χ2n) is 5.32. The molecule has 1 fully saturated rings. The van der Waals surface area contributed by atoms with E-state index in [2.05, 4.69) is 15.3 Å². The fraction of sp³-hybridized carbons (Fsp3) is 0.571. The Morgan fingerprint density at radius 2 is 2.05 bits per heavy atom. The molecule has 0 bridgehead atoms. The molecule has 7 nitrogen and oxygen atoms in total. The van der Waals surface area contributed by atoms with Crippen LogP contribution in [0, 0.1) is 5.92 Å². The summed E-state index contributed by atoms with van der Waals surface area (Å²) >= 11 is 0. The molecule has 21 heavy (non-hydrogen) atoms. The van der Waals surface area contributed by atoms with Gasteiger partial charge >= 0.3 is 5.97 Å². The number of nitrogens with zero attached hydrogens (tertiary/aromatic N) is 3. The summed E-state index contributed by atoms with van der Waals surface area (Å²) in [5.41, 5.74) is 0. The minimum atomic E-state index is -0.919. The van der Waals surface area contributed by atoms with Crippen LogP contribution in [0.25, 0.3) is 0 Å². The van der Waals surface area contributed by atoms with Crippen LogP contribution in [0.2, 0.25) is 0 Å². The summed E-state index contributed by atoms with van der Waals surface area (Å²) in [7, 11) is 0. The quantitative estimate of drug-likeness (QED) is 0.828. The maximum Gasteiger partial charge on any atom is 0.308 e. The fourth-order valence-corrected chi connectivity index (χ4v) is 2.38. The van der Waals surface area contributed by atoms with Crippen LogP contribution in [0.15, 0.2) is 18.5 Å². The Bertz CT molecular complexity index is 508. The predicted molar refractivity (Wildman–Crippen MR) is 76.8 cm³/mol. The first-order chi connectivity index (χ1) is 10.0. The standard InChI is InChI=1S/C14H20N4O3/c1-9(13(20)21)10(2)17-12(19)11-5-3-8-18(11)14-15-6-4-7-16-14/h4,6-7,9-11H,3,5,8H2,1-2H3,(H,17,19)(H,20,21). The summed E-state index contributed by atoms with van der Waals surface area (Å²) in [6, 6.07) is 0.968. The van der Waals surface area contributed by atoms with E-state index in [1.807, 2.05) is 4.90 Å². The van der Waals surface area contributed by atoms with Gasteiger partial charge in [-0.1, -0.05) is 0 Å². The summed E-state index contributed by atoms with van der Waals surface area (Å²) in [6.07, 6.45) is 4.90. The molecule has 1 aliphatic rings. The smallest absolute Gasteiger partial charge is 0.308 e. The lowest BCUT2D eigenvalue weighted by Gasteiger charge is -2.26. The Morgan fingerprint density at radius 3 is 2.67 bits per heavy atom. The molecule has 2 N–H and O–H groups in total. The van der Waals surface area contributed by atoms with Gasteiger partial charge in [-0.15, -0.1) is 0 Å². The highest BCUT2D eigenvalue weighted by Crippen LogP contribution is 2.22. The van der Waals surface area contributed by atoms with Gasteiger partial charge in [0, 0.05) is 25.0 Å². The van der Waals surface area contributed by atoms with Crippen LogP contribution in [0.3, 0.4) is 0 Å². The molecular formula is C14H20N4O3. The minimum Gasteiger partial charge on any atom is -0.481 e. The van der Waals surface area contributed by atoms with Gasteiger partial charge in [0.2, 0.25) is 11.9 Å². The molecule has 3 unspecified atom stereocenters. The van der Waals surface area contributed by atoms with Gasteiger partial charge < -0.3 is 15.3 Å². The molecule has 3 atom stereocenters. The molecule has 0 aromatic carbocycles. The molecule has 114 valence electrons. The Kier molecular flexibility index (Phi) is 4.72. The number of anilines is 1. The van der Waals surface area contributed by atoms with Crippen molar-refractivity contribution in [3.05, 3.63) is 18.5 Å². The topological polar surface area (TPSA) is 95.4 Å². The summed E-state index contributed by atoms with van der Waals surface area (Å²) in [6.45, 7) is 4.01. The van der Waals surface area contributed by atoms with Crippen LogP contribution < -0.4 is 10.2 Å². The number of carbonyl (C=O) groups excluding carboxylic acids is 1. The van der Waals surface area contributed by atoms with Crippen LogP contribution in [-0.4, -0.2) is 45.6 Å². The molecule has 0 spiro atoms. The van der Waals surface area contributed by atoms with Gasteiger partial charge in [0.25, 0.3) is 0 Å². The zero-order valence-electron chi connectivity index (χ0n) is 12.2. The van der Waals surface area contributed by atoms with Crippen LogP contribution >= 0.6 is 0 Å². The van der Waals surface area contributed by atoms with Crippen molar-refractivity contribution >= 4 is 17.8 Å². The highest BCUT2D eigenvalue weighted by molar-refractivity contribution is 5.86. The highest BCUT2D eigenvalue weighted by Gasteiger charge is 2.34. The number of nitrogens with one attached hydrogen (secondary N) is 1. The number of aromatic nitrogens is 2. The zero-order chi connectivity index (χ0) is 15.4. The van der Waals surface area contributed by atoms with E-state index in [0.29, 0.717) is 5.95 Å². The Labute approximate surface area is 123 Å². The molecule has 2 rings (SSSR count). The number of hydrogen-bond acceptors (Lipinski definition) is 5. The fourth-order valence-electron chi connectivity index (χ4n) is 2.38. The number of carbonyl (C=O) groups is 2. The van der Waals surface area contributed by atoms with E-state index in [0.717, 1.165) is 19.4 Å². The molecule has 2 heterocycles. The van der Waals surface area contributed by atoms with Crippen molar-refractivity contribution in [2.24, 2.45) is 5.92 Å². The van der Waals surface area contributed by atoms with Crippen molar-refractivity contribution in [3.63, 3.8) is 0 Å². The highest BCUT2D eigenvalue weighted by atomic mass is 16.4. The maximum absolute atomic E-state index is 12.4. The van der Waals surface area contributed by atoms with Crippen LogP contribution in [0.1, 0.15) is 26.7 Å². The van der Waals surface area contributed by atoms with Crippen molar-refractivity contribution < 1.29 is 14.7 Å². The van der Waals surface area contributed by atoms with E-state index in [-0.39, 0.29) is 11.9 Å². The van der Waals surface area contributed by atoms with Crippen LogP contribution in [-0.2, 0) is 9.59 Å². The molecule has 7 heteroatoms. The van der Waals surface area contributed by atoms with Gasteiger partial charge in [0.15, 0.2) is 0 Å². The number of hydrogen-bond donors (Lipinski definition) is 2. The summed E-state index contributed by atoms with van der Waals surface area (Å²) < 4.78 is 0. The van der Waals surface area contributed by atoms with Gasteiger partial charge in [0.1, 0.15) is 6.04 Å². The van der Waals surface area contributed by atoms with Crippen molar-refractivity contribution in [2.45, 2.75) is 38.8 Å². The Balaban J connectivity index is 2.03. The van der Waals surface area contributed by atoms with E-state index >= 15 is 0 Å². The first-order valence-electron chi connectivity index (χ1n) is 7.07. The molecule has 1 amide bonds. The van der Waals surface area contributed by atoms with Gasteiger partial charge in [-0.05, 0) is 32.8 Å². The molecule has 0 aliphatic carbocycles. The first-order valence-corrected chi connectivity index (χ1v) is 7.07. The second-order valence-corrected chi connectivity index (χ2v) is 5.32. The number of carboxylic acids is 1. The second kappa shape index (κ2) is 6.51. The van der Waals surface area contributed by atoms with Crippen molar-refractivity contribution in [1.82, 2.24) is 15.3 Å². The normalized spacial score (nSPS) is 20.9. The first kappa shape index (κ1) is 15.2. The molecule has 1 aromatic heterocycles. The third kappa shape index (κ3) is 3.48. The number of aliphatic carboxylic acids is 1. The lowest BCUT2D eigenvalue weighted by Crippen LogP contribution is -2.49. The minimum absolute atomic E-state index is 0.166. The average molecular weight is 292 g/mol. The number of amides is 1. The number of carboxylic acid groups (broad SMARTS) is 1. The van der Waals surface area contributed by atoms with E-state index in [4.69, 9.17) is 5.11 Å². The van der Waals surface area contributed by atoms with Crippen molar-refractivity contribution in [3.8, 4) is 0 Å². The van der Waals surface area contributed by atoms with Crippen LogP contribution in [0.5, 0.6) is 0 Å². The van der Waals surface area contributed by atoms with Gasteiger partial charge in [-0.25, -0.2) is 9.97 Å². The third-order valence-electron chi connectivity index (χ3n) is 3.87. The van der Waals surface area contributed by atoms with E-state index < -0.39 is 17.9 Å². The molecule has 1 aliphatic heterocycles. The van der Waals surface area contributed by atoms with Crippen molar-refractivity contribution in [1.29, 1.82) is 0 Å². The Hall–Kier alpha value is -2.18. The molecule has 0 saturated carbocycles. The molecule has 1 saturated heterocycles. The van der Waals surface area contributed by atoms with E-state index in [9.17, 15) is 9.59 Å². The summed E-state index contributed by atoms with van der Waals surface area (Å²) in [5.74, 6) is -1.18. The molecule has 1 aromatic rings. The average Bonchev–Trinajstić information content (AvgIpc) is 2.96. The third-order valence-corrected chi connectivity index (χ3v) is 3.87. The largest absolute Gasteiger partial charge is 0.481 e. The molecule has 0 radical (unpaired) electrons. The predicted octanol–water partition coefficient (Wildman–Crippen LogP) is 0.671. The lowest BCUT2D eigenvalue weighted by atomic mass is 10.0. The van der Waals surface area contributed by atoms with Crippen LogP contribution in [0.4, 0.5) is 5.95 Å². The van der Waals surface area contributed by atoms with E-state index in [1.54, 1.807) is 32.3 Å². The molecular weight excluding hydrogens is 272 g/mol. The lowest BCUT2D eigenvalue weighted by molar-refractivity contribution is -0.142. The van der Waals surface area contributed by atoms with Gasteiger partial charge in [-0.2, -0.15) is 0 Å². The van der Waals surface area contributed by atoms with Gasteiger partial charge in [0.05, 0.1) is 5.92 Å². The monoisotopic (exact) mass is 292 g/mol. The van der Waals surface area contributed by atoms with Crippen molar-refractivity contribution in [2.75, 3.05) is 11.4 Å². The maximum atomic E-state index is 12.4. The zero-order valence-corrected chi connectivity index (χ0v) is 12.2. The summed E-state index contributed by atoms with van der Waals surface area (Å²) in [4.78, 5) is 33.5. The Morgan fingerprint density at radius 1 is 1.38 bits per heavy atom. The summed E-state index contributed by atoms with van der Waals surface area (Å²) in [5, 5.41) is 11.8. The van der Waals surface area contributed by atoms with Gasteiger partial charge in [-0.3, -0.25) is 9.59 Å². The number of rotatable bonds is 5. The SMILES string of the molecule is CC(NC(=O)C1CCCN1c1ncccn1)C(C)C(=O)O. The van der Waals surface area contributed by atoms with E-state index in [1.165, 1.54) is 0 Å².